The van der Waals surface area contributed by atoms with Gasteiger partial charge in [0.2, 0.25) is 0 Å². The first kappa shape index (κ1) is 12.8. The summed E-state index contributed by atoms with van der Waals surface area (Å²) in [6.07, 6.45) is 2.44. The van der Waals surface area contributed by atoms with E-state index in [4.69, 9.17) is 16.3 Å². The molecule has 1 fully saturated rings. The minimum Gasteiger partial charge on any atom is -0.496 e. The lowest BCUT2D eigenvalue weighted by molar-refractivity contribution is 0.393. The van der Waals surface area contributed by atoms with Crippen molar-refractivity contribution in [1.82, 2.24) is 5.32 Å². The molecule has 2 nitrogen and oxygen atoms in total. The molecule has 3 heteroatoms. The van der Waals surface area contributed by atoms with Crippen molar-refractivity contribution >= 4 is 22.4 Å². The minimum absolute atomic E-state index is 0.534. The maximum atomic E-state index is 6.09. The highest BCUT2D eigenvalue weighted by atomic mass is 35.5. The van der Waals surface area contributed by atoms with E-state index in [9.17, 15) is 0 Å². The van der Waals surface area contributed by atoms with Crippen LogP contribution in [0.1, 0.15) is 24.3 Å². The SMILES string of the molecule is COc1cc2ccc(Cl)cc2cc1C1CCCNC1. The number of ether oxygens (including phenoxy) is 1. The molecule has 100 valence electrons. The zero-order valence-corrected chi connectivity index (χ0v) is 11.8. The third-order valence-electron chi connectivity index (χ3n) is 3.89. The number of hydrogen-bond donors (Lipinski definition) is 1. The van der Waals surface area contributed by atoms with Gasteiger partial charge in [0.15, 0.2) is 0 Å². The van der Waals surface area contributed by atoms with Crippen molar-refractivity contribution in [2.45, 2.75) is 18.8 Å². The zero-order valence-electron chi connectivity index (χ0n) is 11.1. The topological polar surface area (TPSA) is 21.3 Å². The summed E-state index contributed by atoms with van der Waals surface area (Å²) in [4.78, 5) is 0. The van der Waals surface area contributed by atoms with Gasteiger partial charge in [0.1, 0.15) is 5.75 Å². The molecule has 1 heterocycles. The molecule has 0 spiro atoms. The van der Waals surface area contributed by atoms with Crippen molar-refractivity contribution in [3.8, 4) is 5.75 Å². The third kappa shape index (κ3) is 2.56. The molecule has 0 amide bonds. The smallest absolute Gasteiger partial charge is 0.123 e. The summed E-state index contributed by atoms with van der Waals surface area (Å²) in [5.41, 5.74) is 1.30. The molecule has 0 aliphatic carbocycles. The molecule has 2 aromatic carbocycles. The van der Waals surface area contributed by atoms with Crippen molar-refractivity contribution in [1.29, 1.82) is 0 Å². The van der Waals surface area contributed by atoms with Gasteiger partial charge < -0.3 is 10.1 Å². The molecular weight excluding hydrogens is 258 g/mol. The van der Waals surface area contributed by atoms with Crippen LogP contribution in [-0.2, 0) is 0 Å². The van der Waals surface area contributed by atoms with Crippen LogP contribution in [0.2, 0.25) is 5.02 Å². The summed E-state index contributed by atoms with van der Waals surface area (Å²) in [7, 11) is 1.75. The molecule has 0 aromatic heterocycles. The van der Waals surface area contributed by atoms with E-state index >= 15 is 0 Å². The van der Waals surface area contributed by atoms with E-state index in [1.165, 1.54) is 29.2 Å². The number of methoxy groups -OCH3 is 1. The molecule has 1 saturated heterocycles. The quantitative estimate of drug-likeness (QED) is 0.895. The lowest BCUT2D eigenvalue weighted by Crippen LogP contribution is -2.28. The predicted octanol–water partition coefficient (Wildman–Crippen LogP) is 3.97. The van der Waals surface area contributed by atoms with Gasteiger partial charge in [-0.05, 0) is 60.0 Å². The molecule has 19 heavy (non-hydrogen) atoms. The van der Waals surface area contributed by atoms with Gasteiger partial charge in [-0.1, -0.05) is 17.7 Å². The second-order valence-corrected chi connectivity index (χ2v) is 5.57. The Hall–Kier alpha value is -1.25. The van der Waals surface area contributed by atoms with Gasteiger partial charge in [0.05, 0.1) is 7.11 Å². The number of hydrogen-bond acceptors (Lipinski definition) is 2. The second-order valence-electron chi connectivity index (χ2n) is 5.13. The van der Waals surface area contributed by atoms with E-state index in [0.29, 0.717) is 5.92 Å². The fraction of sp³-hybridized carbons (Fsp3) is 0.375. The Morgan fingerprint density at radius 1 is 1.21 bits per heavy atom. The normalized spacial score (nSPS) is 19.6. The molecule has 0 radical (unpaired) electrons. The van der Waals surface area contributed by atoms with Crippen LogP contribution in [0.25, 0.3) is 10.8 Å². The summed E-state index contributed by atoms with van der Waals surface area (Å²) in [6, 6.07) is 10.3. The minimum atomic E-state index is 0.534. The van der Waals surface area contributed by atoms with Crippen LogP contribution >= 0.6 is 11.6 Å². The van der Waals surface area contributed by atoms with Crippen LogP contribution in [0, 0.1) is 0 Å². The first-order chi connectivity index (χ1) is 9.28. The third-order valence-corrected chi connectivity index (χ3v) is 4.12. The van der Waals surface area contributed by atoms with Gasteiger partial charge in [-0.15, -0.1) is 0 Å². The van der Waals surface area contributed by atoms with E-state index in [2.05, 4.69) is 17.4 Å². The molecule has 1 N–H and O–H groups in total. The van der Waals surface area contributed by atoms with Gasteiger partial charge in [0.25, 0.3) is 0 Å². The van der Waals surface area contributed by atoms with Crippen molar-refractivity contribution in [3.63, 3.8) is 0 Å². The van der Waals surface area contributed by atoms with E-state index in [-0.39, 0.29) is 0 Å². The average Bonchev–Trinajstić information content (AvgIpc) is 2.46. The van der Waals surface area contributed by atoms with Crippen molar-refractivity contribution in [2.75, 3.05) is 20.2 Å². The number of rotatable bonds is 2. The van der Waals surface area contributed by atoms with Crippen LogP contribution in [-0.4, -0.2) is 20.2 Å². The van der Waals surface area contributed by atoms with Crippen LogP contribution in [0.15, 0.2) is 30.3 Å². The standard InChI is InChI=1S/C16H18ClNO/c1-19-16-9-11-4-5-14(17)7-13(11)8-15(16)12-3-2-6-18-10-12/h4-5,7-9,12,18H,2-3,6,10H2,1H3. The predicted molar refractivity (Wildman–Crippen MR) is 80.4 cm³/mol. The Morgan fingerprint density at radius 3 is 2.84 bits per heavy atom. The second kappa shape index (κ2) is 5.40. The molecule has 2 aromatic rings. The average molecular weight is 276 g/mol. The first-order valence-electron chi connectivity index (χ1n) is 6.76. The van der Waals surface area contributed by atoms with Gasteiger partial charge in [-0.2, -0.15) is 0 Å². The maximum absolute atomic E-state index is 6.09. The summed E-state index contributed by atoms with van der Waals surface area (Å²) in [6.45, 7) is 2.15. The first-order valence-corrected chi connectivity index (χ1v) is 7.13. The van der Waals surface area contributed by atoms with E-state index in [0.717, 1.165) is 23.9 Å². The molecule has 1 aliphatic rings. The van der Waals surface area contributed by atoms with Crippen molar-refractivity contribution in [2.24, 2.45) is 0 Å². The van der Waals surface area contributed by atoms with E-state index in [1.54, 1.807) is 7.11 Å². The van der Waals surface area contributed by atoms with Gasteiger partial charge in [-0.25, -0.2) is 0 Å². The number of halogens is 1. The monoisotopic (exact) mass is 275 g/mol. The highest BCUT2D eigenvalue weighted by Gasteiger charge is 2.19. The lowest BCUT2D eigenvalue weighted by atomic mass is 9.89. The molecular formula is C16H18ClNO. The van der Waals surface area contributed by atoms with Gasteiger partial charge >= 0.3 is 0 Å². The zero-order chi connectivity index (χ0) is 13.2. The maximum Gasteiger partial charge on any atom is 0.123 e. The Bertz CT molecular complexity index is 591. The molecule has 0 saturated carbocycles. The Balaban J connectivity index is 2.10. The molecule has 0 bridgehead atoms. The summed E-state index contributed by atoms with van der Waals surface area (Å²) in [5, 5.41) is 6.61. The fourth-order valence-electron chi connectivity index (χ4n) is 2.88. The van der Waals surface area contributed by atoms with Crippen LogP contribution < -0.4 is 10.1 Å². The Morgan fingerprint density at radius 2 is 2.11 bits per heavy atom. The molecule has 1 unspecified atom stereocenters. The molecule has 3 rings (SSSR count). The van der Waals surface area contributed by atoms with Crippen LogP contribution in [0.4, 0.5) is 0 Å². The summed E-state index contributed by atoms with van der Waals surface area (Å²) >= 11 is 6.09. The number of piperidine rings is 1. The van der Waals surface area contributed by atoms with E-state index < -0.39 is 0 Å². The lowest BCUT2D eigenvalue weighted by Gasteiger charge is -2.25. The van der Waals surface area contributed by atoms with Crippen molar-refractivity contribution < 1.29 is 4.74 Å². The van der Waals surface area contributed by atoms with Crippen LogP contribution in [0.3, 0.4) is 0 Å². The Kier molecular flexibility index (Phi) is 3.63. The van der Waals surface area contributed by atoms with Crippen molar-refractivity contribution in [3.05, 3.63) is 40.9 Å². The van der Waals surface area contributed by atoms with Crippen LogP contribution in [0.5, 0.6) is 5.75 Å². The highest BCUT2D eigenvalue weighted by Crippen LogP contribution is 2.35. The molecule has 1 atom stereocenters. The number of nitrogens with one attached hydrogen (secondary N) is 1. The van der Waals surface area contributed by atoms with Gasteiger partial charge in [0, 0.05) is 17.5 Å². The highest BCUT2D eigenvalue weighted by molar-refractivity contribution is 6.31. The van der Waals surface area contributed by atoms with E-state index in [1.807, 2.05) is 18.2 Å². The summed E-state index contributed by atoms with van der Waals surface area (Å²) in [5.74, 6) is 1.52. The Labute approximate surface area is 118 Å². The number of fused-ring (bicyclic) bond motifs is 1. The summed E-state index contributed by atoms with van der Waals surface area (Å²) < 4.78 is 5.58. The van der Waals surface area contributed by atoms with Gasteiger partial charge in [-0.3, -0.25) is 0 Å². The largest absolute Gasteiger partial charge is 0.496 e. The molecule has 1 aliphatic heterocycles. The fourth-order valence-corrected chi connectivity index (χ4v) is 3.06. The number of benzene rings is 2.